The highest BCUT2D eigenvalue weighted by Crippen LogP contribution is 2.42. The zero-order valence-corrected chi connectivity index (χ0v) is 20.3. The summed E-state index contributed by atoms with van der Waals surface area (Å²) in [6.45, 7) is 2.01. The summed E-state index contributed by atoms with van der Waals surface area (Å²) in [6, 6.07) is 2.41. The lowest BCUT2D eigenvalue weighted by Crippen LogP contribution is -2.47. The SMILES string of the molecule is O=C(O)C[C@@H]1CC[C@@H](N(CC2CCCCC2)CC2CCCCC2)[C@H](c2cc(F)c(F)c(F)c2)C1. The Hall–Kier alpha value is -1.56. The fraction of sp³-hybridized carbons (Fsp3) is 0.750. The Kier molecular flexibility index (Phi) is 8.95. The molecular weight excluding hydrogens is 439 g/mol. The van der Waals surface area contributed by atoms with E-state index in [2.05, 4.69) is 4.90 Å². The number of carbonyl (C=O) groups is 1. The van der Waals surface area contributed by atoms with E-state index < -0.39 is 23.4 Å². The molecule has 0 saturated heterocycles. The molecule has 3 saturated carbocycles. The summed E-state index contributed by atoms with van der Waals surface area (Å²) in [5.74, 6) is -3.48. The Morgan fingerprint density at radius 2 is 1.32 bits per heavy atom. The number of hydrogen-bond donors (Lipinski definition) is 1. The normalized spacial score (nSPS) is 27.2. The van der Waals surface area contributed by atoms with Gasteiger partial charge in [0.05, 0.1) is 0 Å². The van der Waals surface area contributed by atoms with Crippen LogP contribution < -0.4 is 0 Å². The number of carboxylic acids is 1. The van der Waals surface area contributed by atoms with Crippen LogP contribution in [0.4, 0.5) is 13.2 Å². The summed E-state index contributed by atoms with van der Waals surface area (Å²) in [7, 11) is 0. The van der Waals surface area contributed by atoms with Crippen LogP contribution in [-0.2, 0) is 4.79 Å². The van der Waals surface area contributed by atoms with Crippen molar-refractivity contribution < 1.29 is 23.1 Å². The van der Waals surface area contributed by atoms with Crippen LogP contribution in [0.25, 0.3) is 0 Å². The summed E-state index contributed by atoms with van der Waals surface area (Å²) >= 11 is 0. The molecule has 1 aromatic carbocycles. The van der Waals surface area contributed by atoms with Gasteiger partial charge in [0.15, 0.2) is 17.5 Å². The molecule has 3 atom stereocenters. The second kappa shape index (κ2) is 11.9. The van der Waals surface area contributed by atoms with Crippen molar-refractivity contribution in [2.75, 3.05) is 13.1 Å². The van der Waals surface area contributed by atoms with Gasteiger partial charge in [-0.3, -0.25) is 9.69 Å². The fourth-order valence-corrected chi connectivity index (χ4v) is 7.01. The maximum absolute atomic E-state index is 14.3. The molecule has 34 heavy (non-hydrogen) atoms. The smallest absolute Gasteiger partial charge is 0.303 e. The maximum Gasteiger partial charge on any atom is 0.303 e. The van der Waals surface area contributed by atoms with E-state index in [9.17, 15) is 23.1 Å². The van der Waals surface area contributed by atoms with Crippen LogP contribution >= 0.6 is 0 Å². The maximum atomic E-state index is 14.3. The Bertz CT molecular complexity index is 777. The third-order valence-corrected chi connectivity index (χ3v) is 8.72. The number of rotatable bonds is 8. The summed E-state index contributed by atoms with van der Waals surface area (Å²) in [5, 5.41) is 9.37. The molecule has 0 spiro atoms. The largest absolute Gasteiger partial charge is 0.481 e. The first kappa shape index (κ1) is 25.5. The molecule has 190 valence electrons. The molecule has 1 aromatic rings. The molecule has 3 nitrogen and oxygen atoms in total. The van der Waals surface area contributed by atoms with Crippen molar-refractivity contribution in [2.45, 2.75) is 102 Å². The van der Waals surface area contributed by atoms with Crippen molar-refractivity contribution in [3.05, 3.63) is 35.1 Å². The first-order chi connectivity index (χ1) is 16.4. The van der Waals surface area contributed by atoms with Gasteiger partial charge < -0.3 is 5.11 Å². The lowest BCUT2D eigenvalue weighted by atomic mass is 9.72. The third-order valence-electron chi connectivity index (χ3n) is 8.72. The second-order valence-electron chi connectivity index (χ2n) is 11.2. The minimum Gasteiger partial charge on any atom is -0.481 e. The van der Waals surface area contributed by atoms with Crippen molar-refractivity contribution in [3.63, 3.8) is 0 Å². The summed E-state index contributed by atoms with van der Waals surface area (Å²) in [6.07, 6.45) is 14.9. The van der Waals surface area contributed by atoms with Crippen molar-refractivity contribution in [3.8, 4) is 0 Å². The summed E-state index contributed by atoms with van der Waals surface area (Å²) in [4.78, 5) is 14.0. The van der Waals surface area contributed by atoms with E-state index in [1.54, 1.807) is 0 Å². The van der Waals surface area contributed by atoms with Crippen LogP contribution in [0.1, 0.15) is 101 Å². The average molecular weight is 480 g/mol. The minimum atomic E-state index is -1.43. The molecule has 3 aliphatic rings. The molecule has 3 aliphatic carbocycles. The van der Waals surface area contributed by atoms with E-state index in [0.29, 0.717) is 23.8 Å². The van der Waals surface area contributed by atoms with Crippen LogP contribution in [0, 0.1) is 35.2 Å². The predicted octanol–water partition coefficient (Wildman–Crippen LogP) is 7.29. The molecule has 3 fully saturated rings. The number of benzene rings is 1. The highest BCUT2D eigenvalue weighted by Gasteiger charge is 2.38. The van der Waals surface area contributed by atoms with E-state index in [-0.39, 0.29) is 24.3 Å². The van der Waals surface area contributed by atoms with Crippen LogP contribution in [-0.4, -0.2) is 35.1 Å². The molecule has 0 aliphatic heterocycles. The molecular formula is C28H40F3NO2. The molecule has 4 rings (SSSR count). The quantitative estimate of drug-likeness (QED) is 0.398. The lowest BCUT2D eigenvalue weighted by molar-refractivity contribution is -0.138. The molecule has 1 N–H and O–H groups in total. The Balaban J connectivity index is 1.61. The van der Waals surface area contributed by atoms with Gasteiger partial charge in [0.1, 0.15) is 0 Å². The van der Waals surface area contributed by atoms with Gasteiger partial charge in [0.25, 0.3) is 0 Å². The molecule has 0 heterocycles. The van der Waals surface area contributed by atoms with Gasteiger partial charge in [-0.2, -0.15) is 0 Å². The van der Waals surface area contributed by atoms with Crippen LogP contribution in [0.3, 0.4) is 0 Å². The molecule has 0 radical (unpaired) electrons. The molecule has 6 heteroatoms. The third kappa shape index (κ3) is 6.56. The minimum absolute atomic E-state index is 0.0267. The van der Waals surface area contributed by atoms with Crippen molar-refractivity contribution >= 4 is 5.97 Å². The van der Waals surface area contributed by atoms with E-state index in [1.807, 2.05) is 0 Å². The van der Waals surface area contributed by atoms with Crippen LogP contribution in [0.2, 0.25) is 0 Å². The molecule has 0 bridgehead atoms. The molecule has 0 aromatic heterocycles. The lowest BCUT2D eigenvalue weighted by Gasteiger charge is -2.45. The number of hydrogen-bond acceptors (Lipinski definition) is 2. The highest BCUT2D eigenvalue weighted by molar-refractivity contribution is 5.67. The second-order valence-corrected chi connectivity index (χ2v) is 11.2. The van der Waals surface area contributed by atoms with Gasteiger partial charge in [0, 0.05) is 25.6 Å². The Morgan fingerprint density at radius 1 is 0.794 bits per heavy atom. The van der Waals surface area contributed by atoms with E-state index in [0.717, 1.165) is 38.1 Å². The molecule has 0 amide bonds. The summed E-state index contributed by atoms with van der Waals surface area (Å²) in [5.41, 5.74) is 0.480. The zero-order chi connectivity index (χ0) is 24.1. The standard InChI is InChI=1S/C28H40F3NO2/c29-24-15-22(16-25(30)28(24)31)23-13-21(14-27(33)34)11-12-26(23)32(17-19-7-3-1-4-8-19)18-20-9-5-2-6-10-20/h15-16,19-21,23,26H,1-14,17-18H2,(H,33,34)/t21-,23+,26-/m1/s1. The van der Waals surface area contributed by atoms with Crippen LogP contribution in [0.5, 0.6) is 0 Å². The van der Waals surface area contributed by atoms with E-state index in [1.165, 1.54) is 64.2 Å². The first-order valence-electron chi connectivity index (χ1n) is 13.5. The first-order valence-corrected chi connectivity index (χ1v) is 13.5. The Labute approximate surface area is 202 Å². The van der Waals surface area contributed by atoms with E-state index in [4.69, 9.17) is 0 Å². The monoisotopic (exact) mass is 479 g/mol. The van der Waals surface area contributed by atoms with Crippen molar-refractivity contribution in [2.24, 2.45) is 17.8 Å². The zero-order valence-electron chi connectivity index (χ0n) is 20.3. The number of carboxylic acid groups (broad SMARTS) is 1. The molecule has 0 unspecified atom stereocenters. The number of nitrogens with zero attached hydrogens (tertiary/aromatic N) is 1. The van der Waals surface area contributed by atoms with Gasteiger partial charge in [-0.1, -0.05) is 38.5 Å². The predicted molar refractivity (Wildman–Crippen MR) is 127 cm³/mol. The highest BCUT2D eigenvalue weighted by atomic mass is 19.2. The van der Waals surface area contributed by atoms with E-state index >= 15 is 0 Å². The van der Waals surface area contributed by atoms with Crippen molar-refractivity contribution in [1.29, 1.82) is 0 Å². The number of aliphatic carboxylic acids is 1. The van der Waals surface area contributed by atoms with Crippen molar-refractivity contribution in [1.82, 2.24) is 4.90 Å². The summed E-state index contributed by atoms with van der Waals surface area (Å²) < 4.78 is 42.3. The van der Waals surface area contributed by atoms with Gasteiger partial charge >= 0.3 is 5.97 Å². The van der Waals surface area contributed by atoms with Gasteiger partial charge in [-0.15, -0.1) is 0 Å². The number of halogens is 3. The average Bonchev–Trinajstić information content (AvgIpc) is 2.83. The van der Waals surface area contributed by atoms with Gasteiger partial charge in [-0.25, -0.2) is 13.2 Å². The van der Waals surface area contributed by atoms with Gasteiger partial charge in [0.2, 0.25) is 0 Å². The van der Waals surface area contributed by atoms with Crippen LogP contribution in [0.15, 0.2) is 12.1 Å². The Morgan fingerprint density at radius 3 is 1.82 bits per heavy atom. The van der Waals surface area contributed by atoms with Gasteiger partial charge in [-0.05, 0) is 86.3 Å². The fourth-order valence-electron chi connectivity index (χ4n) is 7.01. The topological polar surface area (TPSA) is 40.5 Å².